The number of alkyl halides is 3. The molecule has 2 aromatic rings. The summed E-state index contributed by atoms with van der Waals surface area (Å²) in [5.41, 5.74) is 4.92. The third kappa shape index (κ3) is 3.30. The van der Waals surface area contributed by atoms with Crippen LogP contribution in [0, 0.1) is 6.92 Å². The minimum atomic E-state index is -4.42. The number of aryl methyl sites for hydroxylation is 1. The molecular weight excluding hydrogens is 339 g/mol. The van der Waals surface area contributed by atoms with Crippen molar-refractivity contribution in [1.29, 1.82) is 0 Å². The highest BCUT2D eigenvalue weighted by Gasteiger charge is 2.33. The Morgan fingerprint density at radius 3 is 2.81 bits per heavy atom. The van der Waals surface area contributed by atoms with Crippen LogP contribution < -0.4 is 10.2 Å². The van der Waals surface area contributed by atoms with Crippen LogP contribution >= 0.6 is 0 Å². The van der Waals surface area contributed by atoms with Crippen LogP contribution in [-0.4, -0.2) is 18.1 Å². The zero-order valence-corrected chi connectivity index (χ0v) is 14.7. The van der Waals surface area contributed by atoms with Gasteiger partial charge in [-0.3, -0.25) is 4.98 Å². The van der Waals surface area contributed by atoms with Gasteiger partial charge in [-0.25, -0.2) is 0 Å². The van der Waals surface area contributed by atoms with Gasteiger partial charge in [0.05, 0.1) is 0 Å². The number of aromatic nitrogens is 1. The fourth-order valence-electron chi connectivity index (χ4n) is 4.12. The van der Waals surface area contributed by atoms with Crippen molar-refractivity contribution in [1.82, 2.24) is 10.3 Å². The summed E-state index contributed by atoms with van der Waals surface area (Å²) in [6, 6.07) is 7.64. The summed E-state index contributed by atoms with van der Waals surface area (Å²) < 4.78 is 39.0. The van der Waals surface area contributed by atoms with E-state index < -0.39 is 11.9 Å². The SMILES string of the molecule is Cc1cc2c(c([C@@H]3CCCN3)c1)CN(c1ccnc(C(F)(F)F)c1)CC2. The predicted octanol–water partition coefficient (Wildman–Crippen LogP) is 4.40. The summed E-state index contributed by atoms with van der Waals surface area (Å²) in [6.45, 7) is 4.50. The molecule has 0 unspecified atom stereocenters. The summed E-state index contributed by atoms with van der Waals surface area (Å²) in [7, 11) is 0. The van der Waals surface area contributed by atoms with E-state index in [0.29, 0.717) is 18.3 Å². The average molecular weight is 361 g/mol. The van der Waals surface area contributed by atoms with Crippen molar-refractivity contribution in [2.45, 2.75) is 44.9 Å². The Hall–Kier alpha value is -2.08. The van der Waals surface area contributed by atoms with E-state index in [0.717, 1.165) is 38.4 Å². The molecule has 0 bridgehead atoms. The maximum Gasteiger partial charge on any atom is 0.433 e. The molecule has 0 amide bonds. The van der Waals surface area contributed by atoms with Crippen LogP contribution in [-0.2, 0) is 19.1 Å². The van der Waals surface area contributed by atoms with Gasteiger partial charge in [0.1, 0.15) is 5.69 Å². The molecule has 3 heterocycles. The Kier molecular flexibility index (Phi) is 4.39. The van der Waals surface area contributed by atoms with Crippen LogP contribution in [0.2, 0.25) is 0 Å². The minimum absolute atomic E-state index is 0.353. The zero-order valence-electron chi connectivity index (χ0n) is 14.7. The Morgan fingerprint density at radius 1 is 1.23 bits per heavy atom. The van der Waals surface area contributed by atoms with Gasteiger partial charge in [0.15, 0.2) is 0 Å². The van der Waals surface area contributed by atoms with Gasteiger partial charge < -0.3 is 10.2 Å². The van der Waals surface area contributed by atoms with Gasteiger partial charge in [0.2, 0.25) is 0 Å². The zero-order chi connectivity index (χ0) is 18.3. The molecule has 0 spiro atoms. The number of rotatable bonds is 2. The summed E-state index contributed by atoms with van der Waals surface area (Å²) in [5, 5.41) is 3.56. The van der Waals surface area contributed by atoms with Crippen molar-refractivity contribution in [3.63, 3.8) is 0 Å². The number of benzene rings is 1. The lowest BCUT2D eigenvalue weighted by atomic mass is 9.88. The molecule has 3 nitrogen and oxygen atoms in total. The maximum atomic E-state index is 13.0. The quantitative estimate of drug-likeness (QED) is 0.860. The Balaban J connectivity index is 1.67. The molecule has 6 heteroatoms. The van der Waals surface area contributed by atoms with Crippen molar-refractivity contribution >= 4 is 5.69 Å². The highest BCUT2D eigenvalue weighted by molar-refractivity contribution is 5.52. The molecule has 0 aliphatic carbocycles. The maximum absolute atomic E-state index is 13.0. The van der Waals surface area contributed by atoms with Crippen LogP contribution in [0.15, 0.2) is 30.5 Å². The van der Waals surface area contributed by atoms with Gasteiger partial charge in [-0.15, -0.1) is 0 Å². The summed E-state index contributed by atoms with van der Waals surface area (Å²) in [5.74, 6) is 0. The number of pyridine rings is 1. The first kappa shape index (κ1) is 17.3. The molecule has 2 aliphatic heterocycles. The van der Waals surface area contributed by atoms with Gasteiger partial charge in [0.25, 0.3) is 0 Å². The van der Waals surface area contributed by atoms with Gasteiger partial charge in [-0.1, -0.05) is 17.7 Å². The smallest absolute Gasteiger partial charge is 0.367 e. The standard InChI is InChI=1S/C20H22F3N3/c1-13-9-14-5-8-26(15-4-7-25-19(11-15)20(21,22)23)12-17(14)16(10-13)18-3-2-6-24-18/h4,7,9-11,18,24H,2-3,5-6,8,12H2,1H3/t18-/m0/s1. The van der Waals surface area contributed by atoms with Crippen LogP contribution in [0.1, 0.15) is 46.8 Å². The Labute approximate surface area is 151 Å². The van der Waals surface area contributed by atoms with Crippen LogP contribution in [0.5, 0.6) is 0 Å². The van der Waals surface area contributed by atoms with Crippen molar-refractivity contribution in [2.75, 3.05) is 18.0 Å². The van der Waals surface area contributed by atoms with Crippen molar-refractivity contribution in [3.05, 3.63) is 58.4 Å². The molecular formula is C20H22F3N3. The molecule has 4 rings (SSSR count). The van der Waals surface area contributed by atoms with Crippen LogP contribution in [0.3, 0.4) is 0 Å². The van der Waals surface area contributed by atoms with Gasteiger partial charge in [-0.05, 0) is 61.6 Å². The van der Waals surface area contributed by atoms with E-state index in [9.17, 15) is 13.2 Å². The van der Waals surface area contributed by atoms with E-state index in [4.69, 9.17) is 0 Å². The normalized spacial score (nSPS) is 20.3. The summed E-state index contributed by atoms with van der Waals surface area (Å²) in [4.78, 5) is 5.52. The first-order valence-electron chi connectivity index (χ1n) is 9.06. The second kappa shape index (κ2) is 6.58. The predicted molar refractivity (Wildman–Crippen MR) is 95.1 cm³/mol. The van der Waals surface area contributed by atoms with E-state index in [1.807, 2.05) is 4.90 Å². The van der Waals surface area contributed by atoms with Crippen LogP contribution in [0.4, 0.5) is 18.9 Å². The van der Waals surface area contributed by atoms with Gasteiger partial charge in [-0.2, -0.15) is 13.2 Å². The summed E-state index contributed by atoms with van der Waals surface area (Å²) >= 11 is 0. The van der Waals surface area contributed by atoms with Crippen LogP contribution in [0.25, 0.3) is 0 Å². The van der Waals surface area contributed by atoms with E-state index in [-0.39, 0.29) is 0 Å². The number of fused-ring (bicyclic) bond motifs is 1. The van der Waals surface area contributed by atoms with Crippen molar-refractivity contribution in [2.24, 2.45) is 0 Å². The Bertz CT molecular complexity index is 810. The molecule has 1 aromatic carbocycles. The highest BCUT2D eigenvalue weighted by Crippen LogP contribution is 2.35. The monoisotopic (exact) mass is 361 g/mol. The molecule has 2 aliphatic rings. The molecule has 0 saturated carbocycles. The number of hydrogen-bond donors (Lipinski definition) is 1. The topological polar surface area (TPSA) is 28.2 Å². The number of halogens is 3. The third-order valence-corrected chi connectivity index (χ3v) is 5.36. The fourth-order valence-corrected chi connectivity index (χ4v) is 4.12. The van der Waals surface area contributed by atoms with E-state index >= 15 is 0 Å². The van der Waals surface area contributed by atoms with E-state index in [2.05, 4.69) is 29.4 Å². The minimum Gasteiger partial charge on any atom is -0.367 e. The summed E-state index contributed by atoms with van der Waals surface area (Å²) in [6.07, 6.45) is -0.0395. The van der Waals surface area contributed by atoms with Crippen molar-refractivity contribution < 1.29 is 13.2 Å². The lowest BCUT2D eigenvalue weighted by molar-refractivity contribution is -0.141. The average Bonchev–Trinajstić information content (AvgIpc) is 3.14. The Morgan fingerprint density at radius 2 is 2.08 bits per heavy atom. The van der Waals surface area contributed by atoms with E-state index in [1.54, 1.807) is 6.07 Å². The second-order valence-electron chi connectivity index (χ2n) is 7.21. The largest absolute Gasteiger partial charge is 0.433 e. The first-order valence-corrected chi connectivity index (χ1v) is 9.06. The molecule has 0 radical (unpaired) electrons. The number of hydrogen-bond acceptors (Lipinski definition) is 3. The lowest BCUT2D eigenvalue weighted by Gasteiger charge is -2.33. The molecule has 1 N–H and O–H groups in total. The molecule has 1 fully saturated rings. The van der Waals surface area contributed by atoms with Gasteiger partial charge in [0, 0.05) is 31.0 Å². The molecule has 26 heavy (non-hydrogen) atoms. The molecule has 1 aromatic heterocycles. The first-order chi connectivity index (χ1) is 12.4. The lowest BCUT2D eigenvalue weighted by Crippen LogP contribution is -2.32. The second-order valence-corrected chi connectivity index (χ2v) is 7.21. The van der Waals surface area contributed by atoms with E-state index in [1.165, 1.54) is 28.5 Å². The van der Waals surface area contributed by atoms with Crippen molar-refractivity contribution in [3.8, 4) is 0 Å². The number of nitrogens with one attached hydrogen (secondary N) is 1. The molecule has 1 saturated heterocycles. The fraction of sp³-hybridized carbons (Fsp3) is 0.450. The third-order valence-electron chi connectivity index (χ3n) is 5.36. The highest BCUT2D eigenvalue weighted by atomic mass is 19.4. The molecule has 138 valence electrons. The van der Waals surface area contributed by atoms with Gasteiger partial charge >= 0.3 is 6.18 Å². The number of anilines is 1. The number of nitrogens with zero attached hydrogens (tertiary/aromatic N) is 2. The molecule has 1 atom stereocenters.